The van der Waals surface area contributed by atoms with Crippen LogP contribution in [-0.4, -0.2) is 34.3 Å². The van der Waals surface area contributed by atoms with Gasteiger partial charge in [0.2, 0.25) is 0 Å². The molecule has 90 valence electrons. The highest BCUT2D eigenvalue weighted by Crippen LogP contribution is 2.17. The standard InChI is InChI=1S/C12H14N2O3/c1-14-10-4-3-8(12(15)16)7-9(10)13-11(14)5-6-17-2/h3-4,7H,5-6H2,1-2H3,(H,15,16). The molecule has 5 nitrogen and oxygen atoms in total. The van der Waals surface area contributed by atoms with Crippen LogP contribution in [0, 0.1) is 0 Å². The summed E-state index contributed by atoms with van der Waals surface area (Å²) >= 11 is 0. The van der Waals surface area contributed by atoms with Crippen molar-refractivity contribution >= 4 is 17.0 Å². The Bertz CT molecular complexity index is 560. The molecule has 0 bridgehead atoms. The summed E-state index contributed by atoms with van der Waals surface area (Å²) < 4.78 is 6.97. The number of hydrogen-bond acceptors (Lipinski definition) is 3. The smallest absolute Gasteiger partial charge is 0.335 e. The van der Waals surface area contributed by atoms with Gasteiger partial charge in [0, 0.05) is 20.6 Å². The highest BCUT2D eigenvalue weighted by Gasteiger charge is 2.10. The summed E-state index contributed by atoms with van der Waals surface area (Å²) in [6.07, 6.45) is 0.712. The number of methoxy groups -OCH3 is 1. The third-order valence-corrected chi connectivity index (χ3v) is 2.75. The van der Waals surface area contributed by atoms with Crippen molar-refractivity contribution in [3.8, 4) is 0 Å². The van der Waals surface area contributed by atoms with Crippen LogP contribution in [0.15, 0.2) is 18.2 Å². The maximum atomic E-state index is 10.9. The lowest BCUT2D eigenvalue weighted by Gasteiger charge is -2.01. The van der Waals surface area contributed by atoms with E-state index >= 15 is 0 Å². The van der Waals surface area contributed by atoms with Gasteiger partial charge in [-0.3, -0.25) is 0 Å². The zero-order chi connectivity index (χ0) is 12.4. The van der Waals surface area contributed by atoms with Crippen LogP contribution in [0.25, 0.3) is 11.0 Å². The molecule has 0 fully saturated rings. The number of rotatable bonds is 4. The van der Waals surface area contributed by atoms with Crippen molar-refractivity contribution in [3.05, 3.63) is 29.6 Å². The molecule has 0 unspecified atom stereocenters. The highest BCUT2D eigenvalue weighted by molar-refractivity contribution is 5.92. The number of ether oxygens (including phenoxy) is 1. The Morgan fingerprint density at radius 1 is 1.53 bits per heavy atom. The number of hydrogen-bond donors (Lipinski definition) is 1. The fourth-order valence-corrected chi connectivity index (χ4v) is 1.80. The Morgan fingerprint density at radius 3 is 2.94 bits per heavy atom. The van der Waals surface area contributed by atoms with E-state index in [0.717, 1.165) is 11.3 Å². The second-order valence-electron chi connectivity index (χ2n) is 3.84. The summed E-state index contributed by atoms with van der Waals surface area (Å²) in [5, 5.41) is 8.91. The molecule has 0 saturated heterocycles. The Hall–Kier alpha value is -1.88. The van der Waals surface area contributed by atoms with E-state index in [2.05, 4.69) is 4.98 Å². The average Bonchev–Trinajstić information content (AvgIpc) is 2.63. The number of aromatic nitrogens is 2. The highest BCUT2D eigenvalue weighted by atomic mass is 16.5. The van der Waals surface area contributed by atoms with Crippen molar-refractivity contribution in [1.29, 1.82) is 0 Å². The van der Waals surface area contributed by atoms with Crippen molar-refractivity contribution in [3.63, 3.8) is 0 Å². The van der Waals surface area contributed by atoms with Gasteiger partial charge in [-0.15, -0.1) is 0 Å². The van der Waals surface area contributed by atoms with Gasteiger partial charge in [0.1, 0.15) is 5.82 Å². The lowest BCUT2D eigenvalue weighted by atomic mass is 10.2. The van der Waals surface area contributed by atoms with E-state index in [9.17, 15) is 4.79 Å². The molecule has 0 aliphatic carbocycles. The fraction of sp³-hybridized carbons (Fsp3) is 0.333. The SMILES string of the molecule is COCCc1nc2cc(C(=O)O)ccc2n1C. The van der Waals surface area contributed by atoms with Gasteiger partial charge in [-0.05, 0) is 18.2 Å². The van der Waals surface area contributed by atoms with Gasteiger partial charge in [-0.25, -0.2) is 9.78 Å². The first kappa shape index (κ1) is 11.6. The van der Waals surface area contributed by atoms with Gasteiger partial charge in [0.25, 0.3) is 0 Å². The Labute approximate surface area is 98.6 Å². The summed E-state index contributed by atoms with van der Waals surface area (Å²) in [6.45, 7) is 0.600. The van der Waals surface area contributed by atoms with Crippen molar-refractivity contribution in [1.82, 2.24) is 9.55 Å². The minimum absolute atomic E-state index is 0.258. The molecule has 2 rings (SSSR count). The molecule has 0 atom stereocenters. The van der Waals surface area contributed by atoms with E-state index in [1.165, 1.54) is 0 Å². The number of aromatic carboxylic acids is 1. The molecule has 0 spiro atoms. The van der Waals surface area contributed by atoms with Crippen LogP contribution in [-0.2, 0) is 18.2 Å². The molecule has 0 radical (unpaired) electrons. The molecular formula is C12H14N2O3. The van der Waals surface area contributed by atoms with Crippen LogP contribution >= 0.6 is 0 Å². The molecule has 1 aromatic heterocycles. The van der Waals surface area contributed by atoms with E-state index in [1.54, 1.807) is 25.3 Å². The van der Waals surface area contributed by atoms with E-state index < -0.39 is 5.97 Å². The predicted octanol–water partition coefficient (Wildman–Crippen LogP) is 1.46. The van der Waals surface area contributed by atoms with Crippen molar-refractivity contribution in [2.45, 2.75) is 6.42 Å². The van der Waals surface area contributed by atoms with E-state index in [-0.39, 0.29) is 5.56 Å². The molecule has 17 heavy (non-hydrogen) atoms. The van der Waals surface area contributed by atoms with Gasteiger partial charge in [0.15, 0.2) is 0 Å². The maximum absolute atomic E-state index is 10.9. The number of carbonyl (C=O) groups is 1. The molecule has 1 heterocycles. The number of carboxylic acids is 1. The summed E-state index contributed by atoms with van der Waals surface area (Å²) in [7, 11) is 3.56. The third-order valence-electron chi connectivity index (χ3n) is 2.75. The number of imidazole rings is 1. The van der Waals surface area contributed by atoms with E-state index in [4.69, 9.17) is 9.84 Å². The number of nitrogens with zero attached hydrogens (tertiary/aromatic N) is 2. The topological polar surface area (TPSA) is 64.3 Å². The monoisotopic (exact) mass is 234 g/mol. The van der Waals surface area contributed by atoms with E-state index in [0.29, 0.717) is 18.5 Å². The van der Waals surface area contributed by atoms with Gasteiger partial charge >= 0.3 is 5.97 Å². The van der Waals surface area contributed by atoms with Crippen LogP contribution in [0.2, 0.25) is 0 Å². The number of carboxylic acid groups (broad SMARTS) is 1. The Balaban J connectivity index is 2.45. The van der Waals surface area contributed by atoms with Crippen LogP contribution in [0.5, 0.6) is 0 Å². The quantitative estimate of drug-likeness (QED) is 0.869. The van der Waals surface area contributed by atoms with Crippen LogP contribution in [0.4, 0.5) is 0 Å². The summed E-state index contributed by atoms with van der Waals surface area (Å²) in [4.78, 5) is 15.3. The minimum Gasteiger partial charge on any atom is -0.478 e. The predicted molar refractivity (Wildman–Crippen MR) is 63.3 cm³/mol. The largest absolute Gasteiger partial charge is 0.478 e. The lowest BCUT2D eigenvalue weighted by molar-refractivity contribution is 0.0697. The number of aryl methyl sites for hydroxylation is 1. The van der Waals surface area contributed by atoms with Crippen LogP contribution < -0.4 is 0 Å². The number of fused-ring (bicyclic) bond motifs is 1. The first-order valence-corrected chi connectivity index (χ1v) is 5.31. The molecule has 1 N–H and O–H groups in total. The molecule has 1 aromatic carbocycles. The van der Waals surface area contributed by atoms with Crippen LogP contribution in [0.3, 0.4) is 0 Å². The zero-order valence-corrected chi connectivity index (χ0v) is 9.80. The fourth-order valence-electron chi connectivity index (χ4n) is 1.80. The molecule has 0 aliphatic rings. The first-order valence-electron chi connectivity index (χ1n) is 5.31. The zero-order valence-electron chi connectivity index (χ0n) is 9.80. The van der Waals surface area contributed by atoms with Gasteiger partial charge < -0.3 is 14.4 Å². The maximum Gasteiger partial charge on any atom is 0.335 e. The third kappa shape index (κ3) is 2.14. The molecule has 2 aromatic rings. The summed E-state index contributed by atoms with van der Waals surface area (Å²) in [6, 6.07) is 4.96. The van der Waals surface area contributed by atoms with Gasteiger partial charge in [-0.2, -0.15) is 0 Å². The van der Waals surface area contributed by atoms with E-state index in [1.807, 2.05) is 11.6 Å². The minimum atomic E-state index is -0.934. The average molecular weight is 234 g/mol. The summed E-state index contributed by atoms with van der Waals surface area (Å²) in [5.41, 5.74) is 1.90. The second kappa shape index (κ2) is 4.55. The van der Waals surface area contributed by atoms with Gasteiger partial charge in [0.05, 0.1) is 23.2 Å². The second-order valence-corrected chi connectivity index (χ2v) is 3.84. The lowest BCUT2D eigenvalue weighted by Crippen LogP contribution is -2.02. The van der Waals surface area contributed by atoms with Crippen LogP contribution in [0.1, 0.15) is 16.2 Å². The molecule has 0 saturated carbocycles. The van der Waals surface area contributed by atoms with Gasteiger partial charge in [-0.1, -0.05) is 0 Å². The Morgan fingerprint density at radius 2 is 2.29 bits per heavy atom. The van der Waals surface area contributed by atoms with Crippen molar-refractivity contribution in [2.24, 2.45) is 7.05 Å². The normalized spacial score (nSPS) is 10.9. The summed E-state index contributed by atoms with van der Waals surface area (Å²) in [5.74, 6) is -0.0413. The molecule has 0 amide bonds. The van der Waals surface area contributed by atoms with Crippen molar-refractivity contribution in [2.75, 3.05) is 13.7 Å². The Kier molecular flexibility index (Phi) is 3.10. The molecular weight excluding hydrogens is 220 g/mol. The van der Waals surface area contributed by atoms with Crippen molar-refractivity contribution < 1.29 is 14.6 Å². The molecule has 0 aliphatic heterocycles. The first-order chi connectivity index (χ1) is 8.13. The molecule has 5 heteroatoms. The number of benzene rings is 1.